The zero-order chi connectivity index (χ0) is 26.2. The molecule has 0 aliphatic carbocycles. The minimum atomic E-state index is 0.654. The molecule has 40 heavy (non-hydrogen) atoms. The molecule has 0 saturated carbocycles. The maximum atomic E-state index is 6.43. The number of benzene rings is 6. The molecule has 186 valence electrons. The molecule has 4 nitrogen and oxygen atoms in total. The largest absolute Gasteiger partial charge is 0.456 e. The van der Waals surface area contributed by atoms with Crippen LogP contribution in [0.5, 0.6) is 0 Å². The molecule has 0 aliphatic heterocycles. The van der Waals surface area contributed by atoms with E-state index in [-0.39, 0.29) is 0 Å². The van der Waals surface area contributed by atoms with Crippen molar-refractivity contribution in [1.29, 1.82) is 0 Å². The number of rotatable bonds is 2. The van der Waals surface area contributed by atoms with Gasteiger partial charge in [0, 0.05) is 32.5 Å². The second-order valence-electron chi connectivity index (χ2n) is 10.2. The van der Waals surface area contributed by atoms with E-state index in [9.17, 15) is 0 Å². The number of hydrogen-bond acceptors (Lipinski definition) is 3. The number of para-hydroxylation sites is 2. The molecule has 0 saturated heterocycles. The van der Waals surface area contributed by atoms with Crippen LogP contribution in [0.15, 0.2) is 132 Å². The zero-order valence-corrected chi connectivity index (χ0v) is 21.4. The highest BCUT2D eigenvalue weighted by Crippen LogP contribution is 2.42. The van der Waals surface area contributed by atoms with Gasteiger partial charge in [0.1, 0.15) is 11.2 Å². The van der Waals surface area contributed by atoms with Crippen molar-refractivity contribution in [1.82, 2.24) is 14.5 Å². The molecule has 9 aromatic rings. The molecule has 0 bridgehead atoms. The molecule has 6 aromatic carbocycles. The highest BCUT2D eigenvalue weighted by Gasteiger charge is 2.21. The van der Waals surface area contributed by atoms with Gasteiger partial charge in [-0.1, -0.05) is 91.0 Å². The Bertz CT molecular complexity index is 2430. The van der Waals surface area contributed by atoms with Gasteiger partial charge in [0.15, 0.2) is 0 Å². The Balaban J connectivity index is 1.43. The average Bonchev–Trinajstić information content (AvgIpc) is 3.54. The molecule has 0 N–H and O–H groups in total. The lowest BCUT2D eigenvalue weighted by atomic mass is 10.0. The van der Waals surface area contributed by atoms with Gasteiger partial charge in [0.2, 0.25) is 5.95 Å². The van der Waals surface area contributed by atoms with Crippen LogP contribution >= 0.6 is 0 Å². The quantitative estimate of drug-likeness (QED) is 0.232. The van der Waals surface area contributed by atoms with E-state index < -0.39 is 0 Å². The van der Waals surface area contributed by atoms with Crippen LogP contribution in [0.4, 0.5) is 0 Å². The van der Waals surface area contributed by atoms with Crippen molar-refractivity contribution in [2.75, 3.05) is 0 Å². The first-order valence-electron chi connectivity index (χ1n) is 13.4. The average molecular weight is 512 g/mol. The van der Waals surface area contributed by atoms with E-state index in [0.29, 0.717) is 5.95 Å². The lowest BCUT2D eigenvalue weighted by molar-refractivity contribution is 0.669. The van der Waals surface area contributed by atoms with Crippen LogP contribution in [-0.4, -0.2) is 14.5 Å². The van der Waals surface area contributed by atoms with E-state index in [2.05, 4.69) is 114 Å². The SMILES string of the molecule is c1ccc(-c2nc(-n3c4ccccc4c4c5c(ccc43)oc3cc4ccccc4cc35)nc3ccccc23)cc1. The summed E-state index contributed by atoms with van der Waals surface area (Å²) in [5.74, 6) is 0.654. The first-order chi connectivity index (χ1) is 19.8. The van der Waals surface area contributed by atoms with Crippen molar-refractivity contribution in [3.05, 3.63) is 127 Å². The van der Waals surface area contributed by atoms with Crippen LogP contribution in [0.3, 0.4) is 0 Å². The number of aromatic nitrogens is 3. The molecular formula is C36H21N3O. The Kier molecular flexibility index (Phi) is 4.30. The summed E-state index contributed by atoms with van der Waals surface area (Å²) in [5.41, 5.74) is 6.80. The van der Waals surface area contributed by atoms with Crippen LogP contribution in [0.25, 0.3) is 82.6 Å². The molecule has 0 fully saturated rings. The fourth-order valence-electron chi connectivity index (χ4n) is 6.21. The van der Waals surface area contributed by atoms with E-state index in [1.807, 2.05) is 18.2 Å². The lowest BCUT2D eigenvalue weighted by Crippen LogP contribution is -2.03. The van der Waals surface area contributed by atoms with Gasteiger partial charge in [-0.25, -0.2) is 9.97 Å². The highest BCUT2D eigenvalue weighted by atomic mass is 16.3. The van der Waals surface area contributed by atoms with Gasteiger partial charge in [-0.3, -0.25) is 4.57 Å². The Morgan fingerprint density at radius 1 is 0.500 bits per heavy atom. The van der Waals surface area contributed by atoms with Crippen molar-refractivity contribution in [2.24, 2.45) is 0 Å². The molecule has 0 radical (unpaired) electrons. The van der Waals surface area contributed by atoms with Crippen LogP contribution in [-0.2, 0) is 0 Å². The molecule has 3 heterocycles. The Hall–Kier alpha value is -5.48. The summed E-state index contributed by atoms with van der Waals surface area (Å²) in [7, 11) is 0. The molecule has 0 aliphatic rings. The topological polar surface area (TPSA) is 43.9 Å². The van der Waals surface area contributed by atoms with Crippen molar-refractivity contribution in [3.63, 3.8) is 0 Å². The number of hydrogen-bond donors (Lipinski definition) is 0. The third-order valence-corrected chi connectivity index (χ3v) is 7.98. The van der Waals surface area contributed by atoms with Crippen LogP contribution in [0.2, 0.25) is 0 Å². The monoisotopic (exact) mass is 511 g/mol. The third-order valence-electron chi connectivity index (χ3n) is 7.98. The molecule has 3 aromatic heterocycles. The minimum Gasteiger partial charge on any atom is -0.456 e. The van der Waals surface area contributed by atoms with Gasteiger partial charge >= 0.3 is 0 Å². The fourth-order valence-corrected chi connectivity index (χ4v) is 6.21. The standard InChI is InChI=1S/C36H21N3O/c1-2-10-22(11-3-1)35-25-14-6-8-16-28(25)37-36(38-35)39-29-17-9-7-15-26(29)33-30(39)18-19-31-34(33)27-20-23-12-4-5-13-24(23)21-32(27)40-31/h1-21H. The zero-order valence-electron chi connectivity index (χ0n) is 21.4. The van der Waals surface area contributed by atoms with Gasteiger partial charge in [-0.15, -0.1) is 0 Å². The summed E-state index contributed by atoms with van der Waals surface area (Å²) in [6.07, 6.45) is 0. The second-order valence-corrected chi connectivity index (χ2v) is 10.2. The summed E-state index contributed by atoms with van der Waals surface area (Å²) < 4.78 is 8.62. The first kappa shape index (κ1) is 21.5. The van der Waals surface area contributed by atoms with E-state index >= 15 is 0 Å². The van der Waals surface area contributed by atoms with Gasteiger partial charge in [0.25, 0.3) is 0 Å². The van der Waals surface area contributed by atoms with E-state index in [4.69, 9.17) is 14.4 Å². The predicted molar refractivity (Wildman–Crippen MR) is 164 cm³/mol. The Morgan fingerprint density at radius 3 is 2.10 bits per heavy atom. The Labute approximate surface area is 228 Å². The van der Waals surface area contributed by atoms with Crippen LogP contribution in [0.1, 0.15) is 0 Å². The fraction of sp³-hybridized carbons (Fsp3) is 0. The van der Waals surface area contributed by atoms with E-state index in [1.165, 1.54) is 10.8 Å². The molecule has 4 heteroatoms. The summed E-state index contributed by atoms with van der Waals surface area (Å²) in [6, 6.07) is 44.2. The molecular weight excluding hydrogens is 490 g/mol. The molecule has 0 unspecified atom stereocenters. The summed E-state index contributed by atoms with van der Waals surface area (Å²) in [5, 5.41) is 7.95. The third kappa shape index (κ3) is 2.96. The Morgan fingerprint density at radius 2 is 1.23 bits per heavy atom. The van der Waals surface area contributed by atoms with Crippen molar-refractivity contribution >= 4 is 65.4 Å². The molecule has 0 atom stereocenters. The van der Waals surface area contributed by atoms with Crippen molar-refractivity contribution < 1.29 is 4.42 Å². The number of fused-ring (bicyclic) bond motifs is 9. The van der Waals surface area contributed by atoms with Gasteiger partial charge in [-0.05, 0) is 47.2 Å². The number of nitrogens with zero attached hydrogens (tertiary/aromatic N) is 3. The molecule has 9 rings (SSSR count). The van der Waals surface area contributed by atoms with E-state index in [0.717, 1.165) is 65.9 Å². The lowest BCUT2D eigenvalue weighted by Gasteiger charge is -2.11. The number of furan rings is 1. The van der Waals surface area contributed by atoms with Crippen molar-refractivity contribution in [3.8, 4) is 17.2 Å². The normalized spacial score (nSPS) is 12.0. The summed E-state index contributed by atoms with van der Waals surface area (Å²) >= 11 is 0. The van der Waals surface area contributed by atoms with E-state index in [1.54, 1.807) is 0 Å². The first-order valence-corrected chi connectivity index (χ1v) is 13.4. The van der Waals surface area contributed by atoms with Gasteiger partial charge < -0.3 is 4.42 Å². The summed E-state index contributed by atoms with van der Waals surface area (Å²) in [6.45, 7) is 0. The predicted octanol–water partition coefficient (Wildman–Crippen LogP) is 9.45. The van der Waals surface area contributed by atoms with Crippen LogP contribution < -0.4 is 0 Å². The highest BCUT2D eigenvalue weighted by molar-refractivity contribution is 6.28. The van der Waals surface area contributed by atoms with Gasteiger partial charge in [-0.2, -0.15) is 0 Å². The second kappa shape index (κ2) is 8.01. The smallest absolute Gasteiger partial charge is 0.235 e. The molecule has 0 spiro atoms. The maximum Gasteiger partial charge on any atom is 0.235 e. The van der Waals surface area contributed by atoms with Crippen molar-refractivity contribution in [2.45, 2.75) is 0 Å². The maximum absolute atomic E-state index is 6.43. The molecule has 0 amide bonds. The minimum absolute atomic E-state index is 0.654. The summed E-state index contributed by atoms with van der Waals surface area (Å²) in [4.78, 5) is 10.3. The van der Waals surface area contributed by atoms with Crippen LogP contribution in [0, 0.1) is 0 Å². The van der Waals surface area contributed by atoms with Gasteiger partial charge in [0.05, 0.1) is 22.2 Å².